The van der Waals surface area contributed by atoms with E-state index in [-0.39, 0.29) is 11.8 Å². The van der Waals surface area contributed by atoms with Crippen molar-refractivity contribution in [3.05, 3.63) is 58.7 Å². The van der Waals surface area contributed by atoms with Crippen molar-refractivity contribution in [3.63, 3.8) is 0 Å². The summed E-state index contributed by atoms with van der Waals surface area (Å²) in [6.07, 6.45) is 1.54. The molecule has 0 unspecified atom stereocenters. The predicted octanol–water partition coefficient (Wildman–Crippen LogP) is 5.05. The van der Waals surface area contributed by atoms with Crippen LogP contribution in [-0.4, -0.2) is 20.1 Å². The van der Waals surface area contributed by atoms with Gasteiger partial charge in [-0.2, -0.15) is 4.98 Å². The average molecular weight is 368 g/mol. The van der Waals surface area contributed by atoms with E-state index in [0.717, 1.165) is 16.7 Å². The topological polar surface area (TPSA) is 81.3 Å². The van der Waals surface area contributed by atoms with Crippen LogP contribution in [0.3, 0.4) is 0 Å². The third kappa shape index (κ3) is 3.07. The van der Waals surface area contributed by atoms with Gasteiger partial charge in [-0.05, 0) is 61.4 Å². The average Bonchev–Trinajstić information content (AvgIpc) is 3.04. The summed E-state index contributed by atoms with van der Waals surface area (Å²) in [7, 11) is 0. The van der Waals surface area contributed by atoms with Crippen LogP contribution in [0, 0.1) is 13.8 Å². The molecular weight excluding hydrogens is 354 g/mol. The van der Waals surface area contributed by atoms with Crippen LogP contribution in [-0.2, 0) is 0 Å². The first-order valence-electron chi connectivity index (χ1n) is 7.87. The van der Waals surface area contributed by atoms with E-state index >= 15 is 0 Å². The standard InChI is InChI=1S/C19H14ClN3O3/c1-10-7-12(8-11(2)16(10)24)17-22-15-9-21-19(23-18(15)26-17)25-14-5-3-13(20)4-6-14/h3-9,24H,1-2H3. The lowest BCUT2D eigenvalue weighted by molar-refractivity contribution is 0.440. The molecule has 0 aliphatic heterocycles. The maximum absolute atomic E-state index is 9.91. The molecule has 0 saturated carbocycles. The lowest BCUT2D eigenvalue weighted by Gasteiger charge is -2.04. The number of rotatable bonds is 3. The van der Waals surface area contributed by atoms with Gasteiger partial charge in [-0.15, -0.1) is 0 Å². The minimum Gasteiger partial charge on any atom is -0.507 e. The maximum Gasteiger partial charge on any atom is 0.325 e. The molecule has 0 amide bonds. The number of hydrogen-bond acceptors (Lipinski definition) is 6. The number of nitrogens with zero attached hydrogens (tertiary/aromatic N) is 3. The summed E-state index contributed by atoms with van der Waals surface area (Å²) in [5.74, 6) is 1.24. The van der Waals surface area contributed by atoms with Crippen molar-refractivity contribution >= 4 is 22.8 Å². The Morgan fingerprint density at radius 1 is 1.04 bits per heavy atom. The van der Waals surface area contributed by atoms with Gasteiger partial charge in [0.2, 0.25) is 5.89 Å². The second-order valence-corrected chi connectivity index (χ2v) is 6.31. The molecule has 26 heavy (non-hydrogen) atoms. The first kappa shape index (κ1) is 16.4. The van der Waals surface area contributed by atoms with Gasteiger partial charge in [-0.1, -0.05) is 11.6 Å². The van der Waals surface area contributed by atoms with Gasteiger partial charge < -0.3 is 14.3 Å². The van der Waals surface area contributed by atoms with E-state index in [1.54, 1.807) is 30.5 Å². The van der Waals surface area contributed by atoms with Gasteiger partial charge in [0.1, 0.15) is 17.0 Å². The quantitative estimate of drug-likeness (QED) is 0.545. The molecule has 7 heteroatoms. The van der Waals surface area contributed by atoms with Gasteiger partial charge in [-0.25, -0.2) is 9.97 Å². The van der Waals surface area contributed by atoms with Crippen molar-refractivity contribution < 1.29 is 14.3 Å². The second-order valence-electron chi connectivity index (χ2n) is 5.88. The SMILES string of the molecule is Cc1cc(-c2nc3cnc(Oc4ccc(Cl)cc4)nc3o2)cc(C)c1O. The van der Waals surface area contributed by atoms with Crippen LogP contribution < -0.4 is 4.74 Å². The number of ether oxygens (including phenoxy) is 1. The highest BCUT2D eigenvalue weighted by atomic mass is 35.5. The summed E-state index contributed by atoms with van der Waals surface area (Å²) in [5.41, 5.74) is 3.10. The Bertz CT molecular complexity index is 1080. The monoisotopic (exact) mass is 367 g/mol. The predicted molar refractivity (Wildman–Crippen MR) is 97.7 cm³/mol. The number of phenols is 1. The first-order valence-corrected chi connectivity index (χ1v) is 8.25. The van der Waals surface area contributed by atoms with Crippen LogP contribution in [0.5, 0.6) is 17.5 Å². The van der Waals surface area contributed by atoms with E-state index in [9.17, 15) is 5.11 Å². The van der Waals surface area contributed by atoms with Crippen molar-refractivity contribution in [1.82, 2.24) is 15.0 Å². The molecule has 2 aromatic carbocycles. The molecule has 1 N–H and O–H groups in total. The number of aryl methyl sites for hydroxylation is 2. The van der Waals surface area contributed by atoms with E-state index in [1.165, 1.54) is 0 Å². The zero-order valence-electron chi connectivity index (χ0n) is 14.0. The summed E-state index contributed by atoms with van der Waals surface area (Å²) >= 11 is 5.86. The van der Waals surface area contributed by atoms with Crippen LogP contribution >= 0.6 is 11.6 Å². The Labute approximate surface area is 154 Å². The molecule has 2 aromatic heterocycles. The molecule has 0 aliphatic carbocycles. The molecule has 6 nitrogen and oxygen atoms in total. The number of hydrogen-bond donors (Lipinski definition) is 1. The molecule has 0 saturated heterocycles. The molecule has 4 aromatic rings. The fourth-order valence-electron chi connectivity index (χ4n) is 2.58. The number of aromatic nitrogens is 3. The van der Waals surface area contributed by atoms with E-state index in [0.29, 0.717) is 27.9 Å². The number of phenolic OH excluding ortho intramolecular Hbond substituents is 1. The van der Waals surface area contributed by atoms with E-state index in [4.69, 9.17) is 20.8 Å². The van der Waals surface area contributed by atoms with Gasteiger partial charge in [0.15, 0.2) is 0 Å². The molecule has 130 valence electrons. The molecule has 4 rings (SSSR count). The molecule has 0 spiro atoms. The van der Waals surface area contributed by atoms with Gasteiger partial charge in [-0.3, -0.25) is 0 Å². The van der Waals surface area contributed by atoms with Crippen molar-refractivity contribution in [2.45, 2.75) is 13.8 Å². The van der Waals surface area contributed by atoms with Crippen molar-refractivity contribution in [2.75, 3.05) is 0 Å². The molecule has 0 aliphatic rings. The van der Waals surface area contributed by atoms with Gasteiger partial charge in [0.25, 0.3) is 5.71 Å². The summed E-state index contributed by atoms with van der Waals surface area (Å²) < 4.78 is 11.4. The number of oxazole rings is 1. The maximum atomic E-state index is 9.91. The lowest BCUT2D eigenvalue weighted by Crippen LogP contribution is -1.91. The Balaban J connectivity index is 1.68. The Morgan fingerprint density at radius 2 is 1.73 bits per heavy atom. The molecule has 0 fully saturated rings. The Hall–Kier alpha value is -3.12. The van der Waals surface area contributed by atoms with Crippen LogP contribution in [0.15, 0.2) is 47.0 Å². The molecule has 0 bridgehead atoms. The Morgan fingerprint density at radius 3 is 2.42 bits per heavy atom. The molecular formula is C19H14ClN3O3. The third-order valence-electron chi connectivity index (χ3n) is 3.89. The fourth-order valence-corrected chi connectivity index (χ4v) is 2.71. The normalized spacial score (nSPS) is 11.0. The van der Waals surface area contributed by atoms with Crippen LogP contribution in [0.4, 0.5) is 0 Å². The van der Waals surface area contributed by atoms with E-state index in [2.05, 4.69) is 15.0 Å². The van der Waals surface area contributed by atoms with E-state index < -0.39 is 0 Å². The molecule has 2 heterocycles. The van der Waals surface area contributed by atoms with Crippen LogP contribution in [0.1, 0.15) is 11.1 Å². The number of fused-ring (bicyclic) bond motifs is 1. The smallest absolute Gasteiger partial charge is 0.325 e. The zero-order valence-corrected chi connectivity index (χ0v) is 14.8. The minimum atomic E-state index is 0.153. The number of halogens is 1. The summed E-state index contributed by atoms with van der Waals surface area (Å²) in [6.45, 7) is 3.65. The Kier molecular flexibility index (Phi) is 3.97. The van der Waals surface area contributed by atoms with Gasteiger partial charge in [0, 0.05) is 10.6 Å². The fraction of sp³-hybridized carbons (Fsp3) is 0.105. The molecule has 0 atom stereocenters. The van der Waals surface area contributed by atoms with Crippen molar-refractivity contribution in [3.8, 4) is 29.0 Å². The highest BCUT2D eigenvalue weighted by Gasteiger charge is 2.14. The van der Waals surface area contributed by atoms with Crippen LogP contribution in [0.25, 0.3) is 22.7 Å². The summed E-state index contributed by atoms with van der Waals surface area (Å²) in [4.78, 5) is 12.8. The largest absolute Gasteiger partial charge is 0.507 e. The van der Waals surface area contributed by atoms with Crippen LogP contribution in [0.2, 0.25) is 5.02 Å². The van der Waals surface area contributed by atoms with Gasteiger partial charge in [0.05, 0.1) is 6.20 Å². The molecule has 0 radical (unpaired) electrons. The van der Waals surface area contributed by atoms with E-state index in [1.807, 2.05) is 26.0 Å². The summed E-state index contributed by atoms with van der Waals surface area (Å²) in [6, 6.07) is 10.7. The van der Waals surface area contributed by atoms with Crippen molar-refractivity contribution in [2.24, 2.45) is 0 Å². The minimum absolute atomic E-state index is 0.153. The summed E-state index contributed by atoms with van der Waals surface area (Å²) in [5, 5.41) is 10.5. The first-order chi connectivity index (χ1) is 12.5. The second kappa shape index (κ2) is 6.31. The zero-order chi connectivity index (χ0) is 18.3. The number of benzene rings is 2. The highest BCUT2D eigenvalue weighted by molar-refractivity contribution is 6.30. The third-order valence-corrected chi connectivity index (χ3v) is 4.14. The van der Waals surface area contributed by atoms with Gasteiger partial charge >= 0.3 is 6.01 Å². The highest BCUT2D eigenvalue weighted by Crippen LogP contribution is 2.30. The van der Waals surface area contributed by atoms with Crippen molar-refractivity contribution in [1.29, 1.82) is 0 Å². The number of aromatic hydroxyl groups is 1. The lowest BCUT2D eigenvalue weighted by atomic mass is 10.1.